The molecule has 0 radical (unpaired) electrons. The second kappa shape index (κ2) is 5.63. The van der Waals surface area contributed by atoms with Crippen molar-refractivity contribution in [2.24, 2.45) is 0 Å². The zero-order valence-electron chi connectivity index (χ0n) is 12.9. The van der Waals surface area contributed by atoms with Crippen molar-refractivity contribution < 1.29 is 0 Å². The Morgan fingerprint density at radius 3 is 2.62 bits per heavy atom. The summed E-state index contributed by atoms with van der Waals surface area (Å²) in [6, 6.07) is 13.7. The van der Waals surface area contributed by atoms with Gasteiger partial charge in [-0.1, -0.05) is 41.4 Å². The predicted octanol–water partition coefficient (Wildman–Crippen LogP) is 5.81. The largest absolute Gasteiger partial charge is 0.255 e. The van der Waals surface area contributed by atoms with Gasteiger partial charge in [0, 0.05) is 17.3 Å². The smallest absolute Gasteiger partial charge is 0.101 e. The topological polar surface area (TPSA) is 36.7 Å². The lowest BCUT2D eigenvalue weighted by atomic mass is 9.95. The van der Waals surface area contributed by atoms with Gasteiger partial charge in [0.2, 0.25) is 0 Å². The molecule has 2 aromatic carbocycles. The van der Waals surface area contributed by atoms with Gasteiger partial charge in [0.05, 0.1) is 21.3 Å². The van der Waals surface area contributed by atoms with Crippen molar-refractivity contribution in [1.82, 2.24) is 4.98 Å². The summed E-state index contributed by atoms with van der Waals surface area (Å²) in [6.45, 7) is 2.08. The first-order valence-electron chi connectivity index (χ1n) is 7.57. The van der Waals surface area contributed by atoms with E-state index in [2.05, 4.69) is 36.2 Å². The second-order valence-electron chi connectivity index (χ2n) is 5.87. The molecule has 2 nitrogen and oxygen atoms in total. The fourth-order valence-corrected chi connectivity index (χ4v) is 4.18. The number of hydrogen-bond donors (Lipinski definition) is 0. The SMILES string of the molecule is Cc1cccc2c1-c1c(Cl)cc(Cl)c(-c3ncccc3C#N)c1C2. The van der Waals surface area contributed by atoms with Gasteiger partial charge >= 0.3 is 0 Å². The average Bonchev–Trinajstić information content (AvgIpc) is 2.96. The molecule has 0 saturated carbocycles. The fourth-order valence-electron chi connectivity index (χ4n) is 3.49. The first-order valence-corrected chi connectivity index (χ1v) is 8.32. The minimum absolute atomic E-state index is 0.511. The first-order chi connectivity index (χ1) is 11.6. The predicted molar refractivity (Wildman–Crippen MR) is 97.4 cm³/mol. The quantitative estimate of drug-likeness (QED) is 0.434. The van der Waals surface area contributed by atoms with Gasteiger partial charge in [0.15, 0.2) is 0 Å². The Hall–Kier alpha value is -2.34. The molecule has 0 bridgehead atoms. The lowest BCUT2D eigenvalue weighted by Gasteiger charge is -2.14. The van der Waals surface area contributed by atoms with Crippen LogP contribution in [-0.4, -0.2) is 4.98 Å². The number of nitriles is 1. The summed E-state index contributed by atoms with van der Waals surface area (Å²) in [5, 5.41) is 10.6. The number of hydrogen-bond acceptors (Lipinski definition) is 2. The van der Waals surface area contributed by atoms with Crippen molar-refractivity contribution in [3.05, 3.63) is 74.9 Å². The molecule has 0 atom stereocenters. The highest BCUT2D eigenvalue weighted by Crippen LogP contribution is 2.49. The van der Waals surface area contributed by atoms with Crippen molar-refractivity contribution in [3.63, 3.8) is 0 Å². The zero-order valence-corrected chi connectivity index (χ0v) is 14.4. The van der Waals surface area contributed by atoms with Crippen LogP contribution in [0.25, 0.3) is 22.4 Å². The van der Waals surface area contributed by atoms with Crippen LogP contribution in [0.3, 0.4) is 0 Å². The van der Waals surface area contributed by atoms with Crippen molar-refractivity contribution >= 4 is 23.2 Å². The summed E-state index contributed by atoms with van der Waals surface area (Å²) in [4.78, 5) is 4.42. The number of halogens is 2. The highest BCUT2D eigenvalue weighted by molar-refractivity contribution is 6.38. The Morgan fingerprint density at radius 1 is 1.04 bits per heavy atom. The van der Waals surface area contributed by atoms with Crippen LogP contribution in [0.4, 0.5) is 0 Å². The molecule has 0 fully saturated rings. The van der Waals surface area contributed by atoms with Crippen LogP contribution in [0, 0.1) is 18.3 Å². The van der Waals surface area contributed by atoms with Gasteiger partial charge in [-0.05, 0) is 53.8 Å². The molecule has 116 valence electrons. The van der Waals surface area contributed by atoms with Gasteiger partial charge in [-0.2, -0.15) is 5.26 Å². The van der Waals surface area contributed by atoms with E-state index >= 15 is 0 Å². The number of aryl methyl sites for hydroxylation is 1. The molecule has 0 spiro atoms. The van der Waals surface area contributed by atoms with Crippen LogP contribution in [0.5, 0.6) is 0 Å². The van der Waals surface area contributed by atoms with Gasteiger partial charge < -0.3 is 0 Å². The second-order valence-corrected chi connectivity index (χ2v) is 6.68. The van der Waals surface area contributed by atoms with Crippen LogP contribution < -0.4 is 0 Å². The van der Waals surface area contributed by atoms with E-state index in [1.807, 2.05) is 0 Å². The van der Waals surface area contributed by atoms with Crippen LogP contribution in [0.2, 0.25) is 10.0 Å². The van der Waals surface area contributed by atoms with E-state index in [9.17, 15) is 5.26 Å². The van der Waals surface area contributed by atoms with E-state index in [1.54, 1.807) is 24.4 Å². The first kappa shape index (κ1) is 15.2. The molecule has 1 aliphatic carbocycles. The average molecular weight is 351 g/mol. The lowest BCUT2D eigenvalue weighted by Crippen LogP contribution is -1.96. The van der Waals surface area contributed by atoms with Crippen LogP contribution in [0.15, 0.2) is 42.6 Å². The summed E-state index contributed by atoms with van der Waals surface area (Å²) >= 11 is 13.1. The molecule has 1 aliphatic rings. The van der Waals surface area contributed by atoms with Crippen molar-refractivity contribution in [2.45, 2.75) is 13.3 Å². The molecular weight excluding hydrogens is 339 g/mol. The Balaban J connectivity index is 2.09. The maximum absolute atomic E-state index is 9.43. The van der Waals surface area contributed by atoms with Gasteiger partial charge in [-0.3, -0.25) is 4.98 Å². The summed E-state index contributed by atoms with van der Waals surface area (Å²) in [7, 11) is 0. The third-order valence-electron chi connectivity index (χ3n) is 4.48. The highest BCUT2D eigenvalue weighted by atomic mass is 35.5. The molecule has 0 unspecified atom stereocenters. The molecule has 0 N–H and O–H groups in total. The van der Waals surface area contributed by atoms with Gasteiger partial charge in [0.1, 0.15) is 6.07 Å². The normalized spacial score (nSPS) is 11.8. The number of nitrogens with zero attached hydrogens (tertiary/aromatic N) is 2. The standard InChI is InChI=1S/C20H12Cl2N2/c1-11-4-2-5-12-8-14-18(17(11)12)15(21)9-16(22)19(14)20-13(10-23)6-3-7-24-20/h2-7,9H,8H2,1H3. The summed E-state index contributed by atoms with van der Waals surface area (Å²) in [5.74, 6) is 0. The van der Waals surface area contributed by atoms with E-state index < -0.39 is 0 Å². The van der Waals surface area contributed by atoms with E-state index in [-0.39, 0.29) is 0 Å². The van der Waals surface area contributed by atoms with Crippen LogP contribution in [0.1, 0.15) is 22.3 Å². The third kappa shape index (κ3) is 2.13. The van der Waals surface area contributed by atoms with Crippen LogP contribution >= 0.6 is 23.2 Å². The molecule has 4 heteroatoms. The van der Waals surface area contributed by atoms with Gasteiger partial charge in [-0.25, -0.2) is 0 Å². The number of rotatable bonds is 1. The van der Waals surface area contributed by atoms with Gasteiger partial charge in [0.25, 0.3) is 0 Å². The van der Waals surface area contributed by atoms with Crippen molar-refractivity contribution in [3.8, 4) is 28.5 Å². The van der Waals surface area contributed by atoms with Crippen molar-refractivity contribution in [2.75, 3.05) is 0 Å². The number of pyridine rings is 1. The molecular formula is C20H12Cl2N2. The minimum atomic E-state index is 0.511. The third-order valence-corrected chi connectivity index (χ3v) is 5.07. The molecule has 4 rings (SSSR count). The lowest BCUT2D eigenvalue weighted by molar-refractivity contribution is 1.23. The Bertz CT molecular complexity index is 1030. The van der Waals surface area contributed by atoms with Crippen molar-refractivity contribution in [1.29, 1.82) is 5.26 Å². The molecule has 1 aromatic heterocycles. The molecule has 0 aliphatic heterocycles. The summed E-state index contributed by atoms with van der Waals surface area (Å²) in [6.07, 6.45) is 2.42. The summed E-state index contributed by atoms with van der Waals surface area (Å²) in [5.41, 5.74) is 7.58. The van der Waals surface area contributed by atoms with E-state index in [0.29, 0.717) is 21.3 Å². The Morgan fingerprint density at radius 2 is 1.83 bits per heavy atom. The van der Waals surface area contributed by atoms with E-state index in [4.69, 9.17) is 23.2 Å². The van der Waals surface area contributed by atoms with E-state index in [1.165, 1.54) is 16.7 Å². The van der Waals surface area contributed by atoms with Crippen LogP contribution in [-0.2, 0) is 6.42 Å². The molecule has 24 heavy (non-hydrogen) atoms. The summed E-state index contributed by atoms with van der Waals surface area (Å²) < 4.78 is 0. The molecule has 1 heterocycles. The Kier molecular flexibility index (Phi) is 3.57. The monoisotopic (exact) mass is 350 g/mol. The maximum Gasteiger partial charge on any atom is 0.101 e. The highest BCUT2D eigenvalue weighted by Gasteiger charge is 2.28. The zero-order chi connectivity index (χ0) is 16.8. The number of fused-ring (bicyclic) bond motifs is 3. The maximum atomic E-state index is 9.43. The number of benzene rings is 2. The molecule has 0 amide bonds. The van der Waals surface area contributed by atoms with Gasteiger partial charge in [-0.15, -0.1) is 0 Å². The number of aromatic nitrogens is 1. The molecule has 3 aromatic rings. The fraction of sp³-hybridized carbons (Fsp3) is 0.100. The van der Waals surface area contributed by atoms with E-state index in [0.717, 1.165) is 23.1 Å². The Labute approximate surface area is 150 Å². The minimum Gasteiger partial charge on any atom is -0.255 e. The molecule has 0 saturated heterocycles.